The lowest BCUT2D eigenvalue weighted by Gasteiger charge is -2.37. The molecule has 0 unspecified atom stereocenters. The molecule has 19 heavy (non-hydrogen) atoms. The van der Waals surface area contributed by atoms with E-state index in [0.717, 1.165) is 38.2 Å². The Balaban J connectivity index is 2.28. The van der Waals surface area contributed by atoms with E-state index in [0.29, 0.717) is 0 Å². The smallest absolute Gasteiger partial charge is 0.295 e. The van der Waals surface area contributed by atoms with Crippen molar-refractivity contribution < 1.29 is 14.4 Å². The number of nitro benzene ring substituents is 1. The van der Waals surface area contributed by atoms with Gasteiger partial charge >= 0.3 is 0 Å². The second kappa shape index (κ2) is 5.52. The SMILES string of the molecule is O=[N+]([O-])c1cc(F)ccc1NC1(CO)CCCCC1. The topological polar surface area (TPSA) is 75.4 Å². The molecule has 0 saturated heterocycles. The standard InChI is InChI=1S/C13H17FN2O3/c14-10-4-5-11(12(8-10)16(18)19)15-13(9-17)6-2-1-3-7-13/h4-5,8,15,17H,1-3,6-7,9H2. The highest BCUT2D eigenvalue weighted by molar-refractivity contribution is 5.62. The van der Waals surface area contributed by atoms with Crippen LogP contribution < -0.4 is 5.32 Å². The maximum Gasteiger partial charge on any atom is 0.295 e. The molecule has 1 aliphatic carbocycles. The number of aliphatic hydroxyl groups excluding tert-OH is 1. The quantitative estimate of drug-likeness (QED) is 0.650. The summed E-state index contributed by atoms with van der Waals surface area (Å²) in [6.45, 7) is -0.0818. The fourth-order valence-corrected chi connectivity index (χ4v) is 2.60. The Kier molecular flexibility index (Phi) is 3.99. The fraction of sp³-hybridized carbons (Fsp3) is 0.538. The first-order valence-electron chi connectivity index (χ1n) is 6.39. The van der Waals surface area contributed by atoms with Crippen molar-refractivity contribution in [2.75, 3.05) is 11.9 Å². The fourth-order valence-electron chi connectivity index (χ4n) is 2.60. The first-order chi connectivity index (χ1) is 9.06. The van der Waals surface area contributed by atoms with E-state index in [1.54, 1.807) is 0 Å². The van der Waals surface area contributed by atoms with Crippen LogP contribution in [-0.2, 0) is 0 Å². The molecular weight excluding hydrogens is 251 g/mol. The van der Waals surface area contributed by atoms with Gasteiger partial charge in [0.25, 0.3) is 5.69 Å². The molecule has 1 saturated carbocycles. The van der Waals surface area contributed by atoms with Crippen LogP contribution in [-0.4, -0.2) is 22.2 Å². The average Bonchev–Trinajstić information content (AvgIpc) is 2.42. The minimum absolute atomic E-state index is 0.0818. The van der Waals surface area contributed by atoms with Crippen LogP contribution in [0.3, 0.4) is 0 Å². The molecule has 5 nitrogen and oxygen atoms in total. The molecule has 0 amide bonds. The van der Waals surface area contributed by atoms with Gasteiger partial charge in [-0.2, -0.15) is 0 Å². The van der Waals surface area contributed by atoms with Crippen molar-refractivity contribution in [3.05, 3.63) is 34.1 Å². The molecule has 104 valence electrons. The minimum Gasteiger partial charge on any atom is -0.394 e. The molecule has 0 aromatic heterocycles. The molecule has 6 heteroatoms. The molecule has 1 aliphatic rings. The molecule has 2 rings (SSSR count). The lowest BCUT2D eigenvalue weighted by molar-refractivity contribution is -0.384. The second-order valence-corrected chi connectivity index (χ2v) is 5.04. The number of aliphatic hydroxyl groups is 1. The summed E-state index contributed by atoms with van der Waals surface area (Å²) in [6, 6.07) is 3.44. The van der Waals surface area contributed by atoms with Gasteiger partial charge in [0.15, 0.2) is 0 Å². The highest BCUT2D eigenvalue weighted by atomic mass is 19.1. The molecule has 0 heterocycles. The highest BCUT2D eigenvalue weighted by Crippen LogP contribution is 2.34. The van der Waals surface area contributed by atoms with Crippen molar-refractivity contribution in [2.24, 2.45) is 0 Å². The van der Waals surface area contributed by atoms with Gasteiger partial charge in [-0.3, -0.25) is 10.1 Å². The first kappa shape index (κ1) is 13.7. The highest BCUT2D eigenvalue weighted by Gasteiger charge is 2.33. The third-order valence-corrected chi connectivity index (χ3v) is 3.67. The average molecular weight is 268 g/mol. The van der Waals surface area contributed by atoms with Gasteiger partial charge in [0.2, 0.25) is 0 Å². The number of hydrogen-bond donors (Lipinski definition) is 2. The van der Waals surface area contributed by atoms with E-state index in [1.165, 1.54) is 12.1 Å². The molecule has 1 aromatic carbocycles. The van der Waals surface area contributed by atoms with E-state index < -0.39 is 16.3 Å². The van der Waals surface area contributed by atoms with Gasteiger partial charge in [-0.15, -0.1) is 0 Å². The number of anilines is 1. The van der Waals surface area contributed by atoms with Crippen LogP contribution >= 0.6 is 0 Å². The van der Waals surface area contributed by atoms with E-state index in [1.807, 2.05) is 0 Å². The normalized spacial score (nSPS) is 18.0. The number of nitrogens with one attached hydrogen (secondary N) is 1. The van der Waals surface area contributed by atoms with Crippen molar-refractivity contribution in [2.45, 2.75) is 37.6 Å². The Morgan fingerprint density at radius 2 is 2.05 bits per heavy atom. The minimum atomic E-state index is -0.640. The Bertz CT molecular complexity index is 473. The summed E-state index contributed by atoms with van der Waals surface area (Å²) in [5, 5.41) is 23.6. The molecule has 0 atom stereocenters. The molecular formula is C13H17FN2O3. The zero-order chi connectivity index (χ0) is 13.9. The number of rotatable bonds is 4. The Morgan fingerprint density at radius 1 is 1.37 bits per heavy atom. The monoisotopic (exact) mass is 268 g/mol. The summed E-state index contributed by atoms with van der Waals surface area (Å²) in [5.41, 5.74) is -0.554. The van der Waals surface area contributed by atoms with Crippen molar-refractivity contribution >= 4 is 11.4 Å². The predicted molar refractivity (Wildman–Crippen MR) is 69.6 cm³/mol. The lowest BCUT2D eigenvalue weighted by atomic mass is 9.82. The largest absolute Gasteiger partial charge is 0.394 e. The number of nitro groups is 1. The summed E-state index contributed by atoms with van der Waals surface area (Å²) < 4.78 is 13.1. The Hall–Kier alpha value is -1.69. The first-order valence-corrected chi connectivity index (χ1v) is 6.39. The van der Waals surface area contributed by atoms with Crippen molar-refractivity contribution in [1.29, 1.82) is 0 Å². The molecule has 1 fully saturated rings. The van der Waals surface area contributed by atoms with Crippen molar-refractivity contribution in [3.8, 4) is 0 Å². The third-order valence-electron chi connectivity index (χ3n) is 3.67. The Morgan fingerprint density at radius 3 is 2.63 bits per heavy atom. The molecule has 0 aliphatic heterocycles. The summed E-state index contributed by atoms with van der Waals surface area (Å²) in [6.07, 6.45) is 4.58. The third kappa shape index (κ3) is 3.01. The van der Waals surface area contributed by atoms with Crippen LogP contribution in [0.1, 0.15) is 32.1 Å². The van der Waals surface area contributed by atoms with E-state index in [2.05, 4.69) is 5.32 Å². The van der Waals surface area contributed by atoms with Gasteiger partial charge < -0.3 is 10.4 Å². The van der Waals surface area contributed by atoms with Gasteiger partial charge in [0.05, 0.1) is 23.1 Å². The van der Waals surface area contributed by atoms with Crippen LogP contribution in [0.2, 0.25) is 0 Å². The number of hydrogen-bond acceptors (Lipinski definition) is 4. The van der Waals surface area contributed by atoms with Crippen LogP contribution in [0.4, 0.5) is 15.8 Å². The van der Waals surface area contributed by atoms with Crippen LogP contribution in [0.15, 0.2) is 18.2 Å². The maximum atomic E-state index is 13.1. The number of benzene rings is 1. The zero-order valence-electron chi connectivity index (χ0n) is 10.6. The van der Waals surface area contributed by atoms with Crippen LogP contribution in [0.5, 0.6) is 0 Å². The maximum absolute atomic E-state index is 13.1. The zero-order valence-corrected chi connectivity index (χ0v) is 10.6. The van der Waals surface area contributed by atoms with Gasteiger partial charge in [0, 0.05) is 0 Å². The molecule has 1 aromatic rings. The summed E-state index contributed by atoms with van der Waals surface area (Å²) >= 11 is 0. The summed E-state index contributed by atoms with van der Waals surface area (Å²) in [4.78, 5) is 10.3. The number of nitrogens with zero attached hydrogens (tertiary/aromatic N) is 1. The summed E-state index contributed by atoms with van der Waals surface area (Å²) in [5.74, 6) is -0.640. The van der Waals surface area contributed by atoms with Gasteiger partial charge in [0.1, 0.15) is 11.5 Å². The Labute approximate surface area is 110 Å². The van der Waals surface area contributed by atoms with E-state index in [-0.39, 0.29) is 18.0 Å². The van der Waals surface area contributed by atoms with Gasteiger partial charge in [-0.1, -0.05) is 19.3 Å². The van der Waals surface area contributed by atoms with E-state index >= 15 is 0 Å². The second-order valence-electron chi connectivity index (χ2n) is 5.04. The van der Waals surface area contributed by atoms with Crippen molar-refractivity contribution in [1.82, 2.24) is 0 Å². The van der Waals surface area contributed by atoms with E-state index in [9.17, 15) is 19.6 Å². The molecule has 0 radical (unpaired) electrons. The van der Waals surface area contributed by atoms with Crippen molar-refractivity contribution in [3.63, 3.8) is 0 Å². The van der Waals surface area contributed by atoms with Gasteiger partial charge in [-0.25, -0.2) is 4.39 Å². The van der Waals surface area contributed by atoms with Gasteiger partial charge in [-0.05, 0) is 25.0 Å². The predicted octanol–water partition coefficient (Wildman–Crippen LogP) is 2.84. The summed E-state index contributed by atoms with van der Waals surface area (Å²) in [7, 11) is 0. The number of halogens is 1. The van der Waals surface area contributed by atoms with Crippen LogP contribution in [0.25, 0.3) is 0 Å². The molecule has 0 spiro atoms. The van der Waals surface area contributed by atoms with E-state index in [4.69, 9.17) is 0 Å². The lowest BCUT2D eigenvalue weighted by Crippen LogP contribution is -2.44. The molecule has 0 bridgehead atoms. The molecule has 2 N–H and O–H groups in total. The van der Waals surface area contributed by atoms with Crippen LogP contribution in [0, 0.1) is 15.9 Å².